The van der Waals surface area contributed by atoms with Crippen LogP contribution in [0.4, 0.5) is 5.69 Å². The van der Waals surface area contributed by atoms with Gasteiger partial charge in [0.15, 0.2) is 0 Å². The number of carbonyl (C=O) groups is 1. The number of hydrogen-bond donors (Lipinski definition) is 0. The molecule has 0 spiro atoms. The average molecular weight is 390 g/mol. The Kier molecular flexibility index (Phi) is 4.53. The Morgan fingerprint density at radius 3 is 2.81 bits per heavy atom. The summed E-state index contributed by atoms with van der Waals surface area (Å²) in [6, 6.07) is 5.02. The SMILES string of the molecule is CC(=O)N1CCc2cc(S(=O)(=O)N3CCO[C@@H](c4cnn(C)c4)C3)ccc21. The van der Waals surface area contributed by atoms with Crippen LogP contribution in [0.2, 0.25) is 0 Å². The molecule has 2 aromatic rings. The van der Waals surface area contributed by atoms with E-state index in [1.165, 1.54) is 11.2 Å². The number of aryl methyl sites for hydroxylation is 1. The number of fused-ring (bicyclic) bond motifs is 1. The number of hydrogen-bond acceptors (Lipinski definition) is 5. The minimum absolute atomic E-state index is 0.0307. The van der Waals surface area contributed by atoms with Gasteiger partial charge >= 0.3 is 0 Å². The van der Waals surface area contributed by atoms with Crippen LogP contribution in [0.5, 0.6) is 0 Å². The molecule has 1 fully saturated rings. The predicted molar refractivity (Wildman–Crippen MR) is 98.8 cm³/mol. The van der Waals surface area contributed by atoms with E-state index in [1.807, 2.05) is 13.2 Å². The molecule has 2 aliphatic heterocycles. The standard InChI is InChI=1S/C18H22N4O4S/c1-13(23)22-6-5-14-9-16(3-4-17(14)22)27(24,25)21-7-8-26-18(12-21)15-10-19-20(2)11-15/h3-4,9-11,18H,5-8,12H2,1-2H3/t18-/m1/s1. The van der Waals surface area contributed by atoms with Crippen LogP contribution >= 0.6 is 0 Å². The largest absolute Gasteiger partial charge is 0.371 e. The fraction of sp³-hybridized carbons (Fsp3) is 0.444. The van der Waals surface area contributed by atoms with E-state index in [4.69, 9.17) is 4.74 Å². The van der Waals surface area contributed by atoms with E-state index in [-0.39, 0.29) is 23.5 Å². The van der Waals surface area contributed by atoms with Crippen LogP contribution in [0.1, 0.15) is 24.2 Å². The van der Waals surface area contributed by atoms with E-state index in [9.17, 15) is 13.2 Å². The molecule has 1 atom stereocenters. The molecule has 144 valence electrons. The first-order chi connectivity index (χ1) is 12.9. The van der Waals surface area contributed by atoms with Gasteiger partial charge in [-0.25, -0.2) is 8.42 Å². The first-order valence-corrected chi connectivity index (χ1v) is 10.3. The molecule has 8 nitrogen and oxygen atoms in total. The number of nitrogens with zero attached hydrogens (tertiary/aromatic N) is 4. The van der Waals surface area contributed by atoms with E-state index in [0.717, 1.165) is 16.8 Å². The van der Waals surface area contributed by atoms with Crippen molar-refractivity contribution in [2.45, 2.75) is 24.3 Å². The van der Waals surface area contributed by atoms with Crippen molar-refractivity contribution < 1.29 is 17.9 Å². The number of morpholine rings is 1. The molecule has 1 aromatic heterocycles. The zero-order chi connectivity index (χ0) is 19.2. The zero-order valence-electron chi connectivity index (χ0n) is 15.3. The maximum absolute atomic E-state index is 13.2. The average Bonchev–Trinajstić information content (AvgIpc) is 3.27. The first-order valence-electron chi connectivity index (χ1n) is 8.87. The molecule has 0 unspecified atom stereocenters. The quantitative estimate of drug-likeness (QED) is 0.783. The highest BCUT2D eigenvalue weighted by molar-refractivity contribution is 7.89. The molecule has 0 bridgehead atoms. The Balaban J connectivity index is 1.59. The number of rotatable bonds is 3. The van der Waals surface area contributed by atoms with Crippen molar-refractivity contribution in [1.29, 1.82) is 0 Å². The number of amides is 1. The second-order valence-electron chi connectivity index (χ2n) is 6.88. The Labute approximate surface area is 158 Å². The van der Waals surface area contributed by atoms with Crippen LogP contribution in [0, 0.1) is 0 Å². The summed E-state index contributed by atoms with van der Waals surface area (Å²) in [5.41, 5.74) is 2.56. The van der Waals surface area contributed by atoms with Crippen molar-refractivity contribution in [1.82, 2.24) is 14.1 Å². The van der Waals surface area contributed by atoms with Gasteiger partial charge in [-0.3, -0.25) is 9.48 Å². The third-order valence-corrected chi connectivity index (χ3v) is 6.95. The number of carbonyl (C=O) groups excluding carboxylic acids is 1. The fourth-order valence-corrected chi connectivity index (χ4v) is 5.14. The highest BCUT2D eigenvalue weighted by atomic mass is 32.2. The third kappa shape index (κ3) is 3.26. The number of sulfonamides is 1. The lowest BCUT2D eigenvalue weighted by Crippen LogP contribution is -2.42. The Morgan fingerprint density at radius 1 is 1.30 bits per heavy atom. The molecule has 1 amide bonds. The van der Waals surface area contributed by atoms with Crippen LogP contribution < -0.4 is 4.90 Å². The van der Waals surface area contributed by atoms with Gasteiger partial charge < -0.3 is 9.64 Å². The lowest BCUT2D eigenvalue weighted by atomic mass is 10.2. The summed E-state index contributed by atoms with van der Waals surface area (Å²) in [6.45, 7) is 3.02. The molecule has 0 N–H and O–H groups in total. The summed E-state index contributed by atoms with van der Waals surface area (Å²) in [4.78, 5) is 13.6. The van der Waals surface area contributed by atoms with Crippen LogP contribution in [-0.2, 0) is 33.0 Å². The Hall–Kier alpha value is -2.23. The second-order valence-corrected chi connectivity index (χ2v) is 8.82. The molecule has 0 saturated carbocycles. The van der Waals surface area contributed by atoms with Crippen molar-refractivity contribution in [3.63, 3.8) is 0 Å². The van der Waals surface area contributed by atoms with Crippen LogP contribution in [0.15, 0.2) is 35.5 Å². The second kappa shape index (κ2) is 6.74. The monoisotopic (exact) mass is 390 g/mol. The van der Waals surface area contributed by atoms with Gasteiger partial charge in [0, 0.05) is 51.1 Å². The zero-order valence-corrected chi connectivity index (χ0v) is 16.1. The van der Waals surface area contributed by atoms with E-state index in [0.29, 0.717) is 26.1 Å². The van der Waals surface area contributed by atoms with Crippen molar-refractivity contribution in [3.05, 3.63) is 41.7 Å². The minimum atomic E-state index is -3.63. The van der Waals surface area contributed by atoms with Gasteiger partial charge in [0.2, 0.25) is 15.9 Å². The summed E-state index contributed by atoms with van der Waals surface area (Å²) in [6.07, 6.45) is 3.88. The van der Waals surface area contributed by atoms with Crippen molar-refractivity contribution >= 4 is 21.6 Å². The summed E-state index contributed by atoms with van der Waals surface area (Å²) >= 11 is 0. The minimum Gasteiger partial charge on any atom is -0.371 e. The maximum Gasteiger partial charge on any atom is 0.243 e. The lowest BCUT2D eigenvalue weighted by molar-refractivity contribution is -0.116. The van der Waals surface area contributed by atoms with Crippen molar-refractivity contribution in [3.8, 4) is 0 Å². The Morgan fingerprint density at radius 2 is 2.11 bits per heavy atom. The Bertz CT molecular complexity index is 985. The lowest BCUT2D eigenvalue weighted by Gasteiger charge is -2.31. The third-order valence-electron chi connectivity index (χ3n) is 5.09. The molecule has 0 aliphatic carbocycles. The molecule has 9 heteroatoms. The van der Waals surface area contributed by atoms with Gasteiger partial charge in [0.05, 0.1) is 23.8 Å². The van der Waals surface area contributed by atoms with Crippen LogP contribution in [0.25, 0.3) is 0 Å². The normalized spacial score (nSPS) is 20.7. The molecule has 1 aromatic carbocycles. The number of ether oxygens (including phenoxy) is 1. The van der Waals surface area contributed by atoms with Crippen LogP contribution in [0.3, 0.4) is 0 Å². The summed E-state index contributed by atoms with van der Waals surface area (Å²) in [7, 11) is -1.82. The predicted octanol–water partition coefficient (Wildman–Crippen LogP) is 1.09. The molecule has 0 radical (unpaired) electrons. The van der Waals surface area contributed by atoms with Gasteiger partial charge in [-0.2, -0.15) is 9.40 Å². The molecule has 1 saturated heterocycles. The van der Waals surface area contributed by atoms with Gasteiger partial charge in [-0.15, -0.1) is 0 Å². The van der Waals surface area contributed by atoms with Crippen molar-refractivity contribution in [2.24, 2.45) is 7.05 Å². The van der Waals surface area contributed by atoms with Gasteiger partial charge in [-0.05, 0) is 30.2 Å². The number of anilines is 1. The number of aromatic nitrogens is 2. The molecule has 2 aliphatic rings. The van der Waals surface area contributed by atoms with E-state index < -0.39 is 10.0 Å². The molecular weight excluding hydrogens is 368 g/mol. The molecule has 27 heavy (non-hydrogen) atoms. The van der Waals surface area contributed by atoms with E-state index in [1.54, 1.807) is 34.0 Å². The molecule has 3 heterocycles. The highest BCUT2D eigenvalue weighted by Gasteiger charge is 2.33. The van der Waals surface area contributed by atoms with Crippen LogP contribution in [-0.4, -0.2) is 54.7 Å². The first kappa shape index (κ1) is 18.1. The maximum atomic E-state index is 13.2. The topological polar surface area (TPSA) is 84.7 Å². The van der Waals surface area contributed by atoms with Crippen molar-refractivity contribution in [2.75, 3.05) is 31.1 Å². The van der Waals surface area contributed by atoms with Gasteiger partial charge in [0.1, 0.15) is 0 Å². The fourth-order valence-electron chi connectivity index (χ4n) is 3.67. The number of benzene rings is 1. The van der Waals surface area contributed by atoms with Gasteiger partial charge in [0.25, 0.3) is 0 Å². The molecular formula is C18H22N4O4S. The van der Waals surface area contributed by atoms with Gasteiger partial charge in [-0.1, -0.05) is 0 Å². The summed E-state index contributed by atoms with van der Waals surface area (Å²) in [5.74, 6) is -0.0307. The van der Waals surface area contributed by atoms with E-state index >= 15 is 0 Å². The smallest absolute Gasteiger partial charge is 0.243 e. The summed E-state index contributed by atoms with van der Waals surface area (Å²) in [5, 5.41) is 4.13. The highest BCUT2D eigenvalue weighted by Crippen LogP contribution is 2.32. The molecule has 4 rings (SSSR count). The summed E-state index contributed by atoms with van der Waals surface area (Å²) < 4.78 is 35.2. The van der Waals surface area contributed by atoms with E-state index in [2.05, 4.69) is 5.10 Å².